The lowest BCUT2D eigenvalue weighted by molar-refractivity contribution is -0.0163. The van der Waals surface area contributed by atoms with Crippen molar-refractivity contribution < 1.29 is 0 Å². The molecule has 0 amide bonds. The van der Waals surface area contributed by atoms with Crippen LogP contribution in [0.1, 0.15) is 25.3 Å². The molecule has 3 saturated heterocycles. The van der Waals surface area contributed by atoms with E-state index in [-0.39, 0.29) is 10.9 Å². The van der Waals surface area contributed by atoms with Crippen LogP contribution in [0.5, 0.6) is 0 Å². The molecule has 1 nitrogen and oxygen atoms in total. The fourth-order valence-electron chi connectivity index (χ4n) is 3.41. The Morgan fingerprint density at radius 3 is 2.38 bits per heavy atom. The lowest BCUT2D eigenvalue weighted by atomic mass is 9.71. The van der Waals surface area contributed by atoms with Crippen molar-refractivity contribution in [3.63, 3.8) is 0 Å². The highest BCUT2D eigenvalue weighted by Crippen LogP contribution is 2.47. The van der Waals surface area contributed by atoms with Crippen molar-refractivity contribution in [3.05, 3.63) is 35.9 Å². The van der Waals surface area contributed by atoms with Gasteiger partial charge in [-0.15, -0.1) is 11.6 Å². The van der Waals surface area contributed by atoms with Crippen LogP contribution >= 0.6 is 11.6 Å². The highest BCUT2D eigenvalue weighted by molar-refractivity contribution is 6.21. The van der Waals surface area contributed by atoms with Crippen LogP contribution in [0.3, 0.4) is 0 Å². The van der Waals surface area contributed by atoms with Gasteiger partial charge in [0.25, 0.3) is 0 Å². The van der Waals surface area contributed by atoms with Gasteiger partial charge in [0, 0.05) is 0 Å². The van der Waals surface area contributed by atoms with Gasteiger partial charge in [-0.1, -0.05) is 30.3 Å². The number of halogens is 1. The normalized spacial score (nSPS) is 42.2. The molecule has 0 N–H and O–H groups in total. The Morgan fingerprint density at radius 2 is 1.81 bits per heavy atom. The predicted octanol–water partition coefficient (Wildman–Crippen LogP) is 3.23. The van der Waals surface area contributed by atoms with Crippen LogP contribution in [0.2, 0.25) is 0 Å². The summed E-state index contributed by atoms with van der Waals surface area (Å²) in [7, 11) is 0. The van der Waals surface area contributed by atoms with Gasteiger partial charge in [-0.05, 0) is 44.3 Å². The summed E-state index contributed by atoms with van der Waals surface area (Å²) >= 11 is 6.71. The van der Waals surface area contributed by atoms with E-state index in [0.29, 0.717) is 5.92 Å². The second-order valence-corrected chi connectivity index (χ2v) is 5.71. The molecule has 86 valence electrons. The molecule has 2 bridgehead atoms. The maximum absolute atomic E-state index is 6.71. The molecule has 3 aliphatic rings. The van der Waals surface area contributed by atoms with E-state index in [9.17, 15) is 0 Å². The van der Waals surface area contributed by atoms with E-state index < -0.39 is 0 Å². The fraction of sp³-hybridized carbons (Fsp3) is 0.571. The minimum absolute atomic E-state index is 0.0456. The molecule has 2 heteroatoms. The number of rotatable bonds is 1. The average Bonchev–Trinajstić information content (AvgIpc) is 2.37. The van der Waals surface area contributed by atoms with Crippen LogP contribution in [0, 0.1) is 5.92 Å². The van der Waals surface area contributed by atoms with Gasteiger partial charge in [0.1, 0.15) is 0 Å². The molecule has 3 aliphatic heterocycles. The lowest BCUT2D eigenvalue weighted by Crippen LogP contribution is -2.61. The molecular formula is C14H18ClN. The summed E-state index contributed by atoms with van der Waals surface area (Å²) in [5.74, 6) is 0.705. The maximum Gasteiger partial charge on any atom is 0.0599 e. The van der Waals surface area contributed by atoms with Crippen LogP contribution in [-0.2, 0) is 5.54 Å². The van der Waals surface area contributed by atoms with Gasteiger partial charge >= 0.3 is 0 Å². The Balaban J connectivity index is 2.03. The van der Waals surface area contributed by atoms with E-state index in [4.69, 9.17) is 11.6 Å². The standard InChI is InChI=1S/C14H18ClN/c1-14(12-5-3-2-4-6-12)13(15)11-7-9-16(14)10-8-11/h2-6,11,13H,7-10H2,1H3. The Labute approximate surface area is 102 Å². The summed E-state index contributed by atoms with van der Waals surface area (Å²) in [6.07, 6.45) is 2.55. The number of nitrogens with zero attached hydrogens (tertiary/aromatic N) is 1. The van der Waals surface area contributed by atoms with E-state index in [1.807, 2.05) is 0 Å². The highest BCUT2D eigenvalue weighted by atomic mass is 35.5. The van der Waals surface area contributed by atoms with Crippen molar-refractivity contribution >= 4 is 11.6 Å². The molecule has 1 aromatic rings. The summed E-state index contributed by atoms with van der Waals surface area (Å²) in [6.45, 7) is 4.73. The molecule has 2 atom stereocenters. The summed E-state index contributed by atoms with van der Waals surface area (Å²) in [5.41, 5.74) is 1.42. The van der Waals surface area contributed by atoms with Crippen LogP contribution in [0.4, 0.5) is 0 Å². The summed E-state index contributed by atoms with van der Waals surface area (Å²) in [4.78, 5) is 2.57. The van der Waals surface area contributed by atoms with Gasteiger partial charge in [0.15, 0.2) is 0 Å². The number of fused-ring (bicyclic) bond motifs is 3. The number of piperidine rings is 3. The van der Waals surface area contributed by atoms with E-state index in [2.05, 4.69) is 42.2 Å². The first-order valence-electron chi connectivity index (χ1n) is 6.17. The molecule has 1 aromatic carbocycles. The number of hydrogen-bond acceptors (Lipinski definition) is 1. The zero-order chi connectivity index (χ0) is 11.2. The van der Waals surface area contributed by atoms with Crippen LogP contribution < -0.4 is 0 Å². The zero-order valence-electron chi connectivity index (χ0n) is 9.70. The summed E-state index contributed by atoms with van der Waals surface area (Å²) in [5, 5.41) is 0.261. The molecule has 0 saturated carbocycles. The van der Waals surface area contributed by atoms with Gasteiger partial charge < -0.3 is 0 Å². The van der Waals surface area contributed by atoms with Crippen molar-refractivity contribution in [1.82, 2.24) is 4.90 Å². The first-order chi connectivity index (χ1) is 7.73. The molecule has 3 fully saturated rings. The van der Waals surface area contributed by atoms with Crippen molar-refractivity contribution in [1.29, 1.82) is 0 Å². The van der Waals surface area contributed by atoms with Gasteiger partial charge in [-0.2, -0.15) is 0 Å². The molecule has 4 rings (SSSR count). The third-order valence-corrected chi connectivity index (χ3v) is 5.29. The SMILES string of the molecule is CC1(c2ccccc2)C(Cl)C2CCN1CC2. The monoisotopic (exact) mass is 235 g/mol. The third-order valence-electron chi connectivity index (χ3n) is 4.51. The first kappa shape index (κ1) is 10.6. The minimum Gasteiger partial charge on any atom is -0.292 e. The van der Waals surface area contributed by atoms with Crippen molar-refractivity contribution in [2.75, 3.05) is 13.1 Å². The predicted molar refractivity (Wildman–Crippen MR) is 67.7 cm³/mol. The molecule has 0 aromatic heterocycles. The van der Waals surface area contributed by atoms with Crippen molar-refractivity contribution in [3.8, 4) is 0 Å². The molecular weight excluding hydrogens is 218 g/mol. The van der Waals surface area contributed by atoms with E-state index in [1.165, 1.54) is 31.5 Å². The number of hydrogen-bond donors (Lipinski definition) is 0. The fourth-order valence-corrected chi connectivity index (χ4v) is 3.92. The topological polar surface area (TPSA) is 3.24 Å². The van der Waals surface area contributed by atoms with E-state index in [1.54, 1.807) is 0 Å². The summed E-state index contributed by atoms with van der Waals surface area (Å²) < 4.78 is 0. The molecule has 0 radical (unpaired) electrons. The molecule has 0 spiro atoms. The van der Waals surface area contributed by atoms with Gasteiger partial charge in [0.05, 0.1) is 10.9 Å². The third kappa shape index (κ3) is 1.34. The Hall–Kier alpha value is -0.530. The molecule has 16 heavy (non-hydrogen) atoms. The minimum atomic E-state index is 0.0456. The lowest BCUT2D eigenvalue weighted by Gasteiger charge is -2.56. The van der Waals surface area contributed by atoms with Crippen LogP contribution in [-0.4, -0.2) is 23.4 Å². The molecule has 0 aliphatic carbocycles. The maximum atomic E-state index is 6.71. The zero-order valence-corrected chi connectivity index (χ0v) is 10.5. The van der Waals surface area contributed by atoms with Gasteiger partial charge in [0.2, 0.25) is 0 Å². The van der Waals surface area contributed by atoms with E-state index in [0.717, 1.165) is 0 Å². The number of benzene rings is 1. The smallest absolute Gasteiger partial charge is 0.0599 e. The van der Waals surface area contributed by atoms with Crippen molar-refractivity contribution in [2.24, 2.45) is 5.92 Å². The van der Waals surface area contributed by atoms with Gasteiger partial charge in [-0.25, -0.2) is 0 Å². The second kappa shape index (κ2) is 3.75. The average molecular weight is 236 g/mol. The second-order valence-electron chi connectivity index (χ2n) is 5.24. The summed E-state index contributed by atoms with van der Waals surface area (Å²) in [6, 6.07) is 10.7. The molecule has 3 heterocycles. The number of alkyl halides is 1. The largest absolute Gasteiger partial charge is 0.292 e. The van der Waals surface area contributed by atoms with Crippen molar-refractivity contribution in [2.45, 2.75) is 30.7 Å². The Kier molecular flexibility index (Phi) is 2.49. The van der Waals surface area contributed by atoms with Crippen LogP contribution in [0.25, 0.3) is 0 Å². The van der Waals surface area contributed by atoms with E-state index >= 15 is 0 Å². The Bertz CT molecular complexity index is 366. The quantitative estimate of drug-likeness (QED) is 0.676. The highest BCUT2D eigenvalue weighted by Gasteiger charge is 2.50. The Morgan fingerprint density at radius 1 is 1.19 bits per heavy atom. The first-order valence-corrected chi connectivity index (χ1v) is 6.61. The molecule has 2 unspecified atom stereocenters. The van der Waals surface area contributed by atoms with Gasteiger partial charge in [-0.3, -0.25) is 4.90 Å². The van der Waals surface area contributed by atoms with Crippen LogP contribution in [0.15, 0.2) is 30.3 Å².